The molecular weight excluding hydrogens is 206 g/mol. The minimum Gasteiger partial charge on any atom is -0.355 e. The van der Waals surface area contributed by atoms with Gasteiger partial charge in [-0.25, -0.2) is 0 Å². The molecule has 0 bridgehead atoms. The molecule has 0 unspecified atom stereocenters. The van der Waals surface area contributed by atoms with Gasteiger partial charge in [-0.05, 0) is 12.8 Å². The molecule has 0 fully saturated rings. The first kappa shape index (κ1) is 14.9. The van der Waals surface area contributed by atoms with Crippen LogP contribution in [-0.2, 0) is 9.59 Å². The summed E-state index contributed by atoms with van der Waals surface area (Å²) in [4.78, 5) is 22.3. The summed E-state index contributed by atoms with van der Waals surface area (Å²) in [6.07, 6.45) is 2.97. The van der Waals surface area contributed by atoms with Gasteiger partial charge in [0.05, 0.1) is 13.1 Å². The molecule has 0 aromatic carbocycles. The molecule has 0 radical (unpaired) electrons. The maximum atomic E-state index is 11.2. The SMILES string of the molecule is CCCCNC(=O)CNCC(=O)NCCC. The fourth-order valence-corrected chi connectivity index (χ4v) is 1.08. The van der Waals surface area contributed by atoms with E-state index in [4.69, 9.17) is 0 Å². The molecule has 16 heavy (non-hydrogen) atoms. The van der Waals surface area contributed by atoms with Gasteiger partial charge in [0.15, 0.2) is 0 Å². The third-order valence-electron chi connectivity index (χ3n) is 2.00. The number of rotatable bonds is 9. The average molecular weight is 229 g/mol. The molecule has 0 atom stereocenters. The summed E-state index contributed by atoms with van der Waals surface area (Å²) in [7, 11) is 0. The highest BCUT2D eigenvalue weighted by atomic mass is 16.2. The number of amides is 2. The minimum atomic E-state index is -0.0665. The zero-order valence-electron chi connectivity index (χ0n) is 10.3. The molecule has 0 aromatic heterocycles. The Balaban J connectivity index is 3.36. The molecule has 0 rings (SSSR count). The second kappa shape index (κ2) is 10.4. The van der Waals surface area contributed by atoms with Gasteiger partial charge in [0.2, 0.25) is 11.8 Å². The molecule has 0 aromatic rings. The molecule has 0 heterocycles. The van der Waals surface area contributed by atoms with E-state index in [-0.39, 0.29) is 24.9 Å². The standard InChI is InChI=1S/C11H23N3O2/c1-3-5-7-14-11(16)9-12-8-10(15)13-6-4-2/h12H,3-9H2,1-2H3,(H,13,15)(H,14,16). The summed E-state index contributed by atoms with van der Waals surface area (Å²) in [6, 6.07) is 0. The predicted molar refractivity (Wildman–Crippen MR) is 64.1 cm³/mol. The highest BCUT2D eigenvalue weighted by Crippen LogP contribution is 1.81. The average Bonchev–Trinajstić information content (AvgIpc) is 2.26. The lowest BCUT2D eigenvalue weighted by molar-refractivity contribution is -0.121. The largest absolute Gasteiger partial charge is 0.355 e. The van der Waals surface area contributed by atoms with Crippen molar-refractivity contribution in [3.05, 3.63) is 0 Å². The molecule has 3 N–H and O–H groups in total. The molecule has 5 heteroatoms. The van der Waals surface area contributed by atoms with Gasteiger partial charge in [0, 0.05) is 13.1 Å². The third kappa shape index (κ3) is 9.45. The smallest absolute Gasteiger partial charge is 0.233 e. The van der Waals surface area contributed by atoms with Crippen molar-refractivity contribution in [1.29, 1.82) is 0 Å². The van der Waals surface area contributed by atoms with Gasteiger partial charge in [-0.3, -0.25) is 14.9 Å². The van der Waals surface area contributed by atoms with Crippen LogP contribution in [0.2, 0.25) is 0 Å². The van der Waals surface area contributed by atoms with Crippen LogP contribution in [0.1, 0.15) is 33.1 Å². The Morgan fingerprint density at radius 2 is 1.44 bits per heavy atom. The van der Waals surface area contributed by atoms with Gasteiger partial charge in [0.1, 0.15) is 0 Å². The van der Waals surface area contributed by atoms with Crippen molar-refractivity contribution in [3.63, 3.8) is 0 Å². The van der Waals surface area contributed by atoms with Crippen LogP contribution in [0.25, 0.3) is 0 Å². The molecule has 0 aliphatic rings. The van der Waals surface area contributed by atoms with E-state index in [1.807, 2.05) is 6.92 Å². The third-order valence-corrected chi connectivity index (χ3v) is 2.00. The van der Waals surface area contributed by atoms with Gasteiger partial charge in [-0.1, -0.05) is 20.3 Å². The van der Waals surface area contributed by atoms with E-state index in [9.17, 15) is 9.59 Å². The lowest BCUT2D eigenvalue weighted by Gasteiger charge is -2.06. The van der Waals surface area contributed by atoms with Crippen LogP contribution in [0.5, 0.6) is 0 Å². The van der Waals surface area contributed by atoms with Crippen LogP contribution in [0.4, 0.5) is 0 Å². The van der Waals surface area contributed by atoms with Gasteiger partial charge in [0.25, 0.3) is 0 Å². The Morgan fingerprint density at radius 3 is 1.94 bits per heavy atom. The molecular formula is C11H23N3O2. The molecule has 0 saturated carbocycles. The summed E-state index contributed by atoms with van der Waals surface area (Å²) in [5.41, 5.74) is 0. The first-order valence-electron chi connectivity index (χ1n) is 5.94. The molecule has 2 amide bonds. The summed E-state index contributed by atoms with van der Waals surface area (Å²) in [5.74, 6) is -0.125. The summed E-state index contributed by atoms with van der Waals surface area (Å²) < 4.78 is 0. The summed E-state index contributed by atoms with van der Waals surface area (Å²) >= 11 is 0. The molecule has 94 valence electrons. The van der Waals surface area contributed by atoms with Gasteiger partial charge in [-0.15, -0.1) is 0 Å². The number of hydrogen-bond donors (Lipinski definition) is 3. The lowest BCUT2D eigenvalue weighted by atomic mass is 10.3. The predicted octanol–water partition coefficient (Wildman–Crippen LogP) is 0.0185. The van der Waals surface area contributed by atoms with Crippen LogP contribution in [0.3, 0.4) is 0 Å². The Hall–Kier alpha value is -1.10. The van der Waals surface area contributed by atoms with Crippen molar-refractivity contribution in [3.8, 4) is 0 Å². The van der Waals surface area contributed by atoms with Crippen LogP contribution in [0, 0.1) is 0 Å². The highest BCUT2D eigenvalue weighted by molar-refractivity contribution is 5.80. The Labute approximate surface area is 97.4 Å². The van der Waals surface area contributed by atoms with Crippen LogP contribution in [-0.4, -0.2) is 38.0 Å². The molecule has 0 saturated heterocycles. The van der Waals surface area contributed by atoms with Gasteiger partial charge in [-0.2, -0.15) is 0 Å². The van der Waals surface area contributed by atoms with Crippen molar-refractivity contribution in [2.75, 3.05) is 26.2 Å². The van der Waals surface area contributed by atoms with Crippen LogP contribution in [0.15, 0.2) is 0 Å². The Kier molecular flexibility index (Phi) is 9.70. The number of carbonyl (C=O) groups is 2. The van der Waals surface area contributed by atoms with Gasteiger partial charge >= 0.3 is 0 Å². The zero-order chi connectivity index (χ0) is 12.2. The van der Waals surface area contributed by atoms with Crippen molar-refractivity contribution < 1.29 is 9.59 Å². The fraction of sp³-hybridized carbons (Fsp3) is 0.818. The second-order valence-electron chi connectivity index (χ2n) is 3.66. The molecule has 5 nitrogen and oxygen atoms in total. The van der Waals surface area contributed by atoms with E-state index in [1.165, 1.54) is 0 Å². The maximum Gasteiger partial charge on any atom is 0.233 e. The summed E-state index contributed by atoms with van der Waals surface area (Å²) in [6.45, 7) is 5.85. The molecule has 0 spiro atoms. The number of hydrogen-bond acceptors (Lipinski definition) is 3. The number of unbranched alkanes of at least 4 members (excludes halogenated alkanes) is 1. The van der Waals surface area contributed by atoms with Crippen LogP contribution >= 0.6 is 0 Å². The van der Waals surface area contributed by atoms with E-state index < -0.39 is 0 Å². The first-order chi connectivity index (χ1) is 7.70. The van der Waals surface area contributed by atoms with E-state index in [0.717, 1.165) is 19.3 Å². The molecule has 0 aliphatic heterocycles. The zero-order valence-corrected chi connectivity index (χ0v) is 10.3. The fourth-order valence-electron chi connectivity index (χ4n) is 1.08. The Bertz CT molecular complexity index is 207. The van der Waals surface area contributed by atoms with Crippen molar-refractivity contribution in [2.24, 2.45) is 0 Å². The van der Waals surface area contributed by atoms with E-state index in [2.05, 4.69) is 22.9 Å². The topological polar surface area (TPSA) is 70.2 Å². The monoisotopic (exact) mass is 229 g/mol. The first-order valence-corrected chi connectivity index (χ1v) is 5.94. The highest BCUT2D eigenvalue weighted by Gasteiger charge is 2.02. The van der Waals surface area contributed by atoms with Crippen molar-refractivity contribution in [1.82, 2.24) is 16.0 Å². The van der Waals surface area contributed by atoms with E-state index in [0.29, 0.717) is 13.1 Å². The second-order valence-corrected chi connectivity index (χ2v) is 3.66. The summed E-state index contributed by atoms with van der Waals surface area (Å²) in [5, 5.41) is 8.29. The van der Waals surface area contributed by atoms with Crippen molar-refractivity contribution in [2.45, 2.75) is 33.1 Å². The quantitative estimate of drug-likeness (QED) is 0.488. The van der Waals surface area contributed by atoms with Crippen LogP contribution < -0.4 is 16.0 Å². The normalized spacial score (nSPS) is 9.88. The minimum absolute atomic E-state index is 0.0586. The van der Waals surface area contributed by atoms with E-state index >= 15 is 0 Å². The van der Waals surface area contributed by atoms with Gasteiger partial charge < -0.3 is 10.6 Å². The lowest BCUT2D eigenvalue weighted by Crippen LogP contribution is -2.40. The maximum absolute atomic E-state index is 11.2. The number of nitrogens with one attached hydrogen (secondary N) is 3. The van der Waals surface area contributed by atoms with E-state index in [1.54, 1.807) is 0 Å². The van der Waals surface area contributed by atoms with Crippen molar-refractivity contribution >= 4 is 11.8 Å². The Morgan fingerprint density at radius 1 is 0.875 bits per heavy atom. The molecule has 0 aliphatic carbocycles. The number of carbonyl (C=O) groups excluding carboxylic acids is 2.